The lowest BCUT2D eigenvalue weighted by Crippen LogP contribution is -2.21. The number of H-pyrrole nitrogens is 2. The largest absolute Gasteiger partial charge is 0.493 e. The first kappa shape index (κ1) is 21.0. The Hall–Kier alpha value is -4.20. The minimum absolute atomic E-state index is 0.155. The van der Waals surface area contributed by atoms with Crippen LogP contribution in [0, 0.1) is 6.92 Å². The highest BCUT2D eigenvalue weighted by Crippen LogP contribution is 2.32. The average molecular weight is 432 g/mol. The van der Waals surface area contributed by atoms with E-state index in [4.69, 9.17) is 9.47 Å². The third-order valence-corrected chi connectivity index (χ3v) is 4.96. The molecule has 0 atom stereocenters. The highest BCUT2D eigenvalue weighted by molar-refractivity contribution is 5.91. The van der Waals surface area contributed by atoms with Gasteiger partial charge in [-0.1, -0.05) is 29.8 Å². The van der Waals surface area contributed by atoms with Crippen LogP contribution in [-0.2, 0) is 11.3 Å². The van der Waals surface area contributed by atoms with Crippen LogP contribution in [0.2, 0.25) is 0 Å². The Morgan fingerprint density at radius 3 is 2.50 bits per heavy atom. The molecule has 8 heteroatoms. The molecule has 0 aliphatic rings. The van der Waals surface area contributed by atoms with Crippen molar-refractivity contribution in [3.8, 4) is 11.5 Å². The number of benzene rings is 3. The molecule has 0 bridgehead atoms. The van der Waals surface area contributed by atoms with Crippen molar-refractivity contribution in [3.05, 3.63) is 82.3 Å². The van der Waals surface area contributed by atoms with Crippen molar-refractivity contribution in [1.82, 2.24) is 9.97 Å². The number of aromatic amines is 2. The lowest BCUT2D eigenvalue weighted by molar-refractivity contribution is -0.118. The summed E-state index contributed by atoms with van der Waals surface area (Å²) in [6.07, 6.45) is 0. The van der Waals surface area contributed by atoms with Gasteiger partial charge in [0.2, 0.25) is 0 Å². The van der Waals surface area contributed by atoms with Crippen molar-refractivity contribution in [3.63, 3.8) is 0 Å². The van der Waals surface area contributed by atoms with Crippen molar-refractivity contribution >= 4 is 28.3 Å². The van der Waals surface area contributed by atoms with Gasteiger partial charge in [-0.15, -0.1) is 0 Å². The molecule has 4 aromatic rings. The quantitative estimate of drug-likeness (QED) is 0.339. The van der Waals surface area contributed by atoms with E-state index in [2.05, 4.69) is 20.6 Å². The van der Waals surface area contributed by atoms with Crippen LogP contribution >= 0.6 is 0 Å². The van der Waals surface area contributed by atoms with E-state index in [0.29, 0.717) is 23.7 Å². The third-order valence-electron chi connectivity index (χ3n) is 4.96. The number of carbonyl (C=O) groups is 1. The molecular weight excluding hydrogens is 408 g/mol. The van der Waals surface area contributed by atoms with Gasteiger partial charge in [0.25, 0.3) is 5.91 Å². The predicted octanol–water partition coefficient (Wildman–Crippen LogP) is 3.80. The van der Waals surface area contributed by atoms with Gasteiger partial charge in [0.05, 0.1) is 18.1 Å². The average Bonchev–Trinajstić information content (AvgIpc) is 3.17. The Labute approximate surface area is 184 Å². The number of hydrogen-bond donors (Lipinski definition) is 4. The molecule has 164 valence electrons. The van der Waals surface area contributed by atoms with E-state index in [1.54, 1.807) is 13.2 Å². The summed E-state index contributed by atoms with van der Waals surface area (Å²) >= 11 is 0. The zero-order valence-electron chi connectivity index (χ0n) is 17.8. The second kappa shape index (κ2) is 9.30. The van der Waals surface area contributed by atoms with E-state index in [1.807, 2.05) is 61.5 Å². The number of fused-ring (bicyclic) bond motifs is 1. The first-order chi connectivity index (χ1) is 15.5. The number of imidazole rings is 1. The van der Waals surface area contributed by atoms with Gasteiger partial charge in [-0.25, -0.2) is 4.79 Å². The maximum absolute atomic E-state index is 12.4. The van der Waals surface area contributed by atoms with Gasteiger partial charge in [-0.2, -0.15) is 0 Å². The van der Waals surface area contributed by atoms with Gasteiger partial charge < -0.3 is 30.1 Å². The summed E-state index contributed by atoms with van der Waals surface area (Å²) in [6, 6.07) is 18.7. The Kier molecular flexibility index (Phi) is 6.12. The summed E-state index contributed by atoms with van der Waals surface area (Å²) in [6.45, 7) is 2.27. The standard InChI is InChI=1S/C24H24N4O4/c1-15-6-8-17(9-7-15)26-22(29)14-32-23-16(4-3-5-21(23)31-2)13-25-18-10-11-19-20(12-18)28-24(30)27-19/h3-12,25H,13-14H2,1-2H3,(H,26,29)(H2,27,28,30). The molecule has 1 amide bonds. The molecule has 3 aromatic carbocycles. The van der Waals surface area contributed by atoms with Crippen LogP contribution < -0.4 is 25.8 Å². The van der Waals surface area contributed by atoms with Crippen molar-refractivity contribution in [2.45, 2.75) is 13.5 Å². The van der Waals surface area contributed by atoms with E-state index in [-0.39, 0.29) is 18.2 Å². The maximum Gasteiger partial charge on any atom is 0.323 e. The van der Waals surface area contributed by atoms with Gasteiger partial charge in [0.1, 0.15) is 0 Å². The Morgan fingerprint density at radius 2 is 1.72 bits per heavy atom. The first-order valence-corrected chi connectivity index (χ1v) is 10.1. The molecule has 0 saturated carbocycles. The summed E-state index contributed by atoms with van der Waals surface area (Å²) in [5.41, 5.74) is 4.70. The first-order valence-electron chi connectivity index (χ1n) is 10.1. The molecule has 0 aliphatic carbocycles. The number of para-hydroxylation sites is 1. The molecule has 1 aromatic heterocycles. The highest BCUT2D eigenvalue weighted by Gasteiger charge is 2.13. The summed E-state index contributed by atoms with van der Waals surface area (Å²) < 4.78 is 11.3. The maximum atomic E-state index is 12.4. The van der Waals surface area contributed by atoms with Crippen LogP contribution in [0.3, 0.4) is 0 Å². The molecule has 1 heterocycles. The number of hydrogen-bond acceptors (Lipinski definition) is 5. The molecule has 0 aliphatic heterocycles. The molecule has 0 spiro atoms. The smallest absolute Gasteiger partial charge is 0.323 e. The van der Waals surface area contributed by atoms with Crippen molar-refractivity contribution in [2.24, 2.45) is 0 Å². The molecule has 0 saturated heterocycles. The van der Waals surface area contributed by atoms with E-state index in [1.165, 1.54) is 0 Å². The number of carbonyl (C=O) groups excluding carboxylic acids is 1. The zero-order chi connectivity index (χ0) is 22.5. The van der Waals surface area contributed by atoms with Gasteiger partial charge in [-0.05, 0) is 43.3 Å². The second-order valence-corrected chi connectivity index (χ2v) is 7.34. The predicted molar refractivity (Wildman–Crippen MR) is 125 cm³/mol. The normalized spacial score (nSPS) is 10.7. The van der Waals surface area contributed by atoms with E-state index < -0.39 is 0 Å². The van der Waals surface area contributed by atoms with Crippen LogP contribution in [0.4, 0.5) is 11.4 Å². The topological polar surface area (TPSA) is 108 Å². The fourth-order valence-corrected chi connectivity index (χ4v) is 3.34. The molecule has 4 rings (SSSR count). The number of nitrogens with one attached hydrogen (secondary N) is 4. The Bertz CT molecular complexity index is 1290. The van der Waals surface area contributed by atoms with Crippen molar-refractivity contribution < 1.29 is 14.3 Å². The van der Waals surface area contributed by atoms with Crippen LogP contribution in [0.5, 0.6) is 11.5 Å². The van der Waals surface area contributed by atoms with Gasteiger partial charge in [0, 0.05) is 23.5 Å². The molecule has 32 heavy (non-hydrogen) atoms. The van der Waals surface area contributed by atoms with Gasteiger partial charge >= 0.3 is 5.69 Å². The van der Waals surface area contributed by atoms with E-state index >= 15 is 0 Å². The van der Waals surface area contributed by atoms with Gasteiger partial charge in [-0.3, -0.25) is 4.79 Å². The number of methoxy groups -OCH3 is 1. The fourth-order valence-electron chi connectivity index (χ4n) is 3.34. The lowest BCUT2D eigenvalue weighted by Gasteiger charge is -2.16. The lowest BCUT2D eigenvalue weighted by atomic mass is 10.1. The Balaban J connectivity index is 1.44. The minimum atomic E-state index is -0.263. The van der Waals surface area contributed by atoms with Crippen LogP contribution in [0.1, 0.15) is 11.1 Å². The summed E-state index contributed by atoms with van der Waals surface area (Å²) in [5, 5.41) is 6.14. The third kappa shape index (κ3) is 4.92. The SMILES string of the molecule is COc1cccc(CNc2ccc3[nH]c(=O)[nH]c3c2)c1OCC(=O)Nc1ccc(C)cc1. The fraction of sp³-hybridized carbons (Fsp3) is 0.167. The van der Waals surface area contributed by atoms with Crippen LogP contribution in [0.25, 0.3) is 11.0 Å². The van der Waals surface area contributed by atoms with Crippen LogP contribution in [0.15, 0.2) is 65.5 Å². The Morgan fingerprint density at radius 1 is 0.969 bits per heavy atom. The monoisotopic (exact) mass is 432 g/mol. The van der Waals surface area contributed by atoms with Crippen molar-refractivity contribution in [1.29, 1.82) is 0 Å². The number of anilines is 2. The highest BCUT2D eigenvalue weighted by atomic mass is 16.5. The molecule has 0 radical (unpaired) electrons. The number of rotatable bonds is 8. The van der Waals surface area contributed by atoms with Crippen molar-refractivity contribution in [2.75, 3.05) is 24.4 Å². The second-order valence-electron chi connectivity index (χ2n) is 7.34. The molecular formula is C24H24N4O4. The summed E-state index contributed by atoms with van der Waals surface area (Å²) in [5.74, 6) is 0.774. The molecule has 8 nitrogen and oxygen atoms in total. The number of aromatic nitrogens is 2. The number of ether oxygens (including phenoxy) is 2. The molecule has 0 unspecified atom stereocenters. The molecule has 0 fully saturated rings. The summed E-state index contributed by atoms with van der Waals surface area (Å²) in [7, 11) is 1.56. The van der Waals surface area contributed by atoms with Gasteiger partial charge in [0.15, 0.2) is 18.1 Å². The minimum Gasteiger partial charge on any atom is -0.493 e. The van der Waals surface area contributed by atoms with E-state index in [9.17, 15) is 9.59 Å². The molecule has 4 N–H and O–H groups in total. The number of amides is 1. The number of aryl methyl sites for hydroxylation is 1. The summed E-state index contributed by atoms with van der Waals surface area (Å²) in [4.78, 5) is 29.3. The zero-order valence-corrected chi connectivity index (χ0v) is 17.8. The van der Waals surface area contributed by atoms with E-state index in [0.717, 1.165) is 27.8 Å². The van der Waals surface area contributed by atoms with Crippen LogP contribution in [-0.4, -0.2) is 29.6 Å².